The van der Waals surface area contributed by atoms with E-state index in [1.807, 2.05) is 103 Å². The van der Waals surface area contributed by atoms with Crippen molar-refractivity contribution in [2.75, 3.05) is 0 Å². The minimum Gasteiger partial charge on any atom is -0.310 e. The Morgan fingerprint density at radius 3 is 1.13 bits per heavy atom. The number of aromatic nitrogens is 2. The fourth-order valence-corrected chi connectivity index (χ4v) is 11.1. The highest BCUT2D eigenvalue weighted by molar-refractivity contribution is 6.14. The van der Waals surface area contributed by atoms with Crippen molar-refractivity contribution in [3.63, 3.8) is 0 Å². The van der Waals surface area contributed by atoms with Crippen LogP contribution in [0.15, 0.2) is 249 Å². The highest BCUT2D eigenvalue weighted by atomic mass is 19.4. The summed E-state index contributed by atoms with van der Waals surface area (Å²) in [6, 6.07) is 83.6. The monoisotopic (exact) mass is 971 g/mol. The lowest BCUT2D eigenvalue weighted by molar-refractivity contribution is -0.137. The molecule has 0 saturated heterocycles. The van der Waals surface area contributed by atoms with Gasteiger partial charge < -0.3 is 9.13 Å². The first kappa shape index (κ1) is 45.2. The van der Waals surface area contributed by atoms with Crippen LogP contribution < -0.4 is 0 Å². The van der Waals surface area contributed by atoms with Crippen LogP contribution in [0.2, 0.25) is 0 Å². The molecule has 2 aromatic heterocycles. The van der Waals surface area contributed by atoms with E-state index in [-0.39, 0.29) is 0 Å². The number of benzene rings is 11. The molecule has 75 heavy (non-hydrogen) atoms. The third-order valence-corrected chi connectivity index (χ3v) is 14.6. The summed E-state index contributed by atoms with van der Waals surface area (Å²) in [5.74, 6) is 0. The van der Waals surface area contributed by atoms with Crippen LogP contribution in [0.5, 0.6) is 0 Å². The Kier molecular flexibility index (Phi) is 10.9. The van der Waals surface area contributed by atoms with E-state index in [0.29, 0.717) is 33.5 Å². The summed E-state index contributed by atoms with van der Waals surface area (Å²) in [7, 11) is 0. The van der Waals surface area contributed by atoms with Gasteiger partial charge in [-0.25, -0.2) is 4.85 Å². The van der Waals surface area contributed by atoms with Gasteiger partial charge in [-0.2, -0.15) is 13.2 Å². The summed E-state index contributed by atoms with van der Waals surface area (Å²) in [6.45, 7) is 10.6. The number of halogens is 3. The number of alkyl halides is 3. The van der Waals surface area contributed by atoms with Gasteiger partial charge in [0.2, 0.25) is 0 Å². The van der Waals surface area contributed by atoms with Crippen LogP contribution in [0.25, 0.3) is 127 Å². The Balaban J connectivity index is 1.13. The topological polar surface area (TPSA) is 14.2 Å². The molecule has 13 rings (SSSR count). The lowest BCUT2D eigenvalue weighted by Crippen LogP contribution is -2.05. The molecule has 6 heteroatoms. The lowest BCUT2D eigenvalue weighted by Gasteiger charge is -2.21. The molecule has 0 atom stereocenters. The molecule has 2 heterocycles. The molecule has 11 aromatic carbocycles. The fraction of sp³-hybridized carbons (Fsp3) is 0.0290. The van der Waals surface area contributed by atoms with Crippen molar-refractivity contribution in [3.8, 4) is 78.1 Å². The predicted molar refractivity (Wildman–Crippen MR) is 304 cm³/mol. The standard InChI is InChI=1S/C69H44F3N3/c1-44-36-54(38-55(37-44)69(70,71)72)53-30-35-66(74-62-31-26-49(45-16-7-3-8-17-45)39-56(62)57-40-50(27-32-63(57)74)46-18-9-4-10-19-46)60(43-53)68-61(73-2)24-15-25-67(68)75-64-33-28-51(47-20-11-5-12-21-47)41-58(64)59-42-52(29-34-65(59)75)48-22-13-6-14-23-48/h3-43H,1H3. The summed E-state index contributed by atoms with van der Waals surface area (Å²) in [6.07, 6.45) is -4.55. The van der Waals surface area contributed by atoms with Crippen LogP contribution in [0.1, 0.15) is 11.1 Å². The number of fused-ring (bicyclic) bond motifs is 6. The van der Waals surface area contributed by atoms with Gasteiger partial charge in [0.1, 0.15) is 0 Å². The average molecular weight is 972 g/mol. The molecule has 13 aromatic rings. The van der Waals surface area contributed by atoms with Crippen LogP contribution in [-0.2, 0) is 6.18 Å². The van der Waals surface area contributed by atoms with Crippen molar-refractivity contribution >= 4 is 49.3 Å². The average Bonchev–Trinajstić information content (AvgIpc) is 3.97. The van der Waals surface area contributed by atoms with Crippen molar-refractivity contribution in [2.24, 2.45) is 0 Å². The van der Waals surface area contributed by atoms with Gasteiger partial charge in [0.05, 0.1) is 39.9 Å². The highest BCUT2D eigenvalue weighted by Gasteiger charge is 2.31. The first-order chi connectivity index (χ1) is 36.7. The lowest BCUT2D eigenvalue weighted by atomic mass is 9.93. The molecule has 0 spiro atoms. The van der Waals surface area contributed by atoms with Gasteiger partial charge in [-0.1, -0.05) is 170 Å². The molecular formula is C69H44F3N3. The van der Waals surface area contributed by atoms with Gasteiger partial charge in [-0.05, 0) is 153 Å². The predicted octanol–water partition coefficient (Wildman–Crippen LogP) is 19.8. The van der Waals surface area contributed by atoms with Crippen LogP contribution >= 0.6 is 0 Å². The van der Waals surface area contributed by atoms with Crippen LogP contribution in [0, 0.1) is 13.5 Å². The first-order valence-electron chi connectivity index (χ1n) is 24.9. The number of rotatable bonds is 8. The molecular weight excluding hydrogens is 928 g/mol. The van der Waals surface area contributed by atoms with E-state index in [2.05, 4.69) is 141 Å². The minimum absolute atomic E-state index is 0.404. The van der Waals surface area contributed by atoms with Crippen molar-refractivity contribution < 1.29 is 13.2 Å². The Morgan fingerprint density at radius 1 is 0.347 bits per heavy atom. The maximum Gasteiger partial charge on any atom is 0.416 e. The maximum absolute atomic E-state index is 14.6. The third kappa shape index (κ3) is 7.94. The van der Waals surface area contributed by atoms with E-state index < -0.39 is 11.7 Å². The molecule has 0 unspecified atom stereocenters. The largest absolute Gasteiger partial charge is 0.416 e. The zero-order valence-corrected chi connectivity index (χ0v) is 40.6. The van der Waals surface area contributed by atoms with Crippen LogP contribution in [0.4, 0.5) is 18.9 Å². The van der Waals surface area contributed by atoms with Gasteiger partial charge >= 0.3 is 6.18 Å². The van der Waals surface area contributed by atoms with Gasteiger partial charge in [-0.3, -0.25) is 0 Å². The second-order valence-electron chi connectivity index (χ2n) is 19.2. The second-order valence-corrected chi connectivity index (χ2v) is 19.2. The Hall–Kier alpha value is -9.70. The van der Waals surface area contributed by atoms with E-state index in [1.165, 1.54) is 12.1 Å². The smallest absolute Gasteiger partial charge is 0.310 e. The van der Waals surface area contributed by atoms with Crippen molar-refractivity contribution in [2.45, 2.75) is 13.1 Å². The van der Waals surface area contributed by atoms with E-state index in [0.717, 1.165) is 99.5 Å². The molecule has 0 N–H and O–H groups in total. The molecule has 0 radical (unpaired) electrons. The molecule has 0 aliphatic carbocycles. The fourth-order valence-electron chi connectivity index (χ4n) is 11.1. The van der Waals surface area contributed by atoms with E-state index in [1.54, 1.807) is 13.0 Å². The number of aryl methyl sites for hydroxylation is 1. The molecule has 0 saturated carbocycles. The van der Waals surface area contributed by atoms with E-state index in [9.17, 15) is 13.2 Å². The summed E-state index contributed by atoms with van der Waals surface area (Å²) >= 11 is 0. The van der Waals surface area contributed by atoms with E-state index >= 15 is 0 Å². The summed E-state index contributed by atoms with van der Waals surface area (Å²) in [5, 5.41) is 4.17. The van der Waals surface area contributed by atoms with Gasteiger partial charge in [-0.15, -0.1) is 0 Å². The molecule has 0 fully saturated rings. The van der Waals surface area contributed by atoms with Crippen molar-refractivity contribution in [1.29, 1.82) is 0 Å². The Labute approximate surface area is 432 Å². The summed E-state index contributed by atoms with van der Waals surface area (Å²) in [4.78, 5) is 4.26. The number of hydrogen-bond donors (Lipinski definition) is 0. The highest BCUT2D eigenvalue weighted by Crippen LogP contribution is 2.48. The van der Waals surface area contributed by atoms with Gasteiger partial charge in [0.25, 0.3) is 0 Å². The van der Waals surface area contributed by atoms with Gasteiger partial charge in [0.15, 0.2) is 5.69 Å². The number of hydrogen-bond acceptors (Lipinski definition) is 0. The molecule has 0 aliphatic rings. The Bertz CT molecular complexity index is 4200. The maximum atomic E-state index is 14.6. The van der Waals surface area contributed by atoms with Crippen LogP contribution in [0.3, 0.4) is 0 Å². The Morgan fingerprint density at radius 2 is 0.733 bits per heavy atom. The molecule has 0 amide bonds. The minimum atomic E-state index is -4.55. The zero-order chi connectivity index (χ0) is 50.8. The molecule has 0 bridgehead atoms. The zero-order valence-electron chi connectivity index (χ0n) is 40.6. The van der Waals surface area contributed by atoms with Crippen molar-refractivity contribution in [1.82, 2.24) is 9.13 Å². The molecule has 356 valence electrons. The molecule has 3 nitrogen and oxygen atoms in total. The normalized spacial score (nSPS) is 11.7. The van der Waals surface area contributed by atoms with Crippen LogP contribution in [-0.4, -0.2) is 9.13 Å². The SMILES string of the molecule is [C-]#[N+]c1cccc(-n2c3ccc(-c4ccccc4)cc3c3cc(-c4ccccc4)ccc32)c1-c1cc(-c2cc(C)cc(C(F)(F)F)c2)ccc1-n1c2ccc(-c3ccccc3)cc2c2cc(-c3ccccc3)ccc21. The van der Waals surface area contributed by atoms with E-state index in [4.69, 9.17) is 6.57 Å². The first-order valence-corrected chi connectivity index (χ1v) is 24.9. The quantitative estimate of drug-likeness (QED) is 0.135. The second kappa shape index (κ2) is 18.1. The van der Waals surface area contributed by atoms with Gasteiger partial charge in [0, 0.05) is 32.8 Å². The number of nitrogens with zero attached hydrogens (tertiary/aromatic N) is 3. The molecule has 0 aliphatic heterocycles. The summed E-state index contributed by atoms with van der Waals surface area (Å²) in [5.41, 5.74) is 16.5. The summed E-state index contributed by atoms with van der Waals surface area (Å²) < 4.78 is 48.3. The van der Waals surface area contributed by atoms with Crippen molar-refractivity contribution in [3.05, 3.63) is 271 Å². The third-order valence-electron chi connectivity index (χ3n) is 14.6.